The van der Waals surface area contributed by atoms with Crippen LogP contribution in [0.3, 0.4) is 0 Å². The van der Waals surface area contributed by atoms with Crippen LogP contribution >= 0.6 is 0 Å². The van der Waals surface area contributed by atoms with Crippen molar-refractivity contribution in [2.24, 2.45) is 11.7 Å². The van der Waals surface area contributed by atoms with Crippen molar-refractivity contribution in [3.8, 4) is 0 Å². The molecule has 0 aliphatic carbocycles. The van der Waals surface area contributed by atoms with Crippen molar-refractivity contribution in [1.29, 1.82) is 0 Å². The number of hydrogen-bond donors (Lipinski definition) is 2. The molecule has 1 unspecified atom stereocenters. The fourth-order valence-electron chi connectivity index (χ4n) is 2.10. The van der Waals surface area contributed by atoms with Gasteiger partial charge >= 0.3 is 5.97 Å². The first-order valence-corrected chi connectivity index (χ1v) is 5.67. The van der Waals surface area contributed by atoms with Crippen LogP contribution in [0.1, 0.15) is 33.1 Å². The molecule has 5 nitrogen and oxygen atoms in total. The van der Waals surface area contributed by atoms with Crippen LogP contribution in [0, 0.1) is 5.92 Å². The maximum absolute atomic E-state index is 11.9. The molecule has 5 heteroatoms. The van der Waals surface area contributed by atoms with Gasteiger partial charge in [-0.25, -0.2) is 0 Å². The van der Waals surface area contributed by atoms with Crippen molar-refractivity contribution in [2.75, 3.05) is 13.1 Å². The summed E-state index contributed by atoms with van der Waals surface area (Å²) >= 11 is 0. The molecular weight excluding hydrogens is 208 g/mol. The second kappa shape index (κ2) is 4.82. The summed E-state index contributed by atoms with van der Waals surface area (Å²) in [5.74, 6) is -0.768. The summed E-state index contributed by atoms with van der Waals surface area (Å²) in [7, 11) is 0. The lowest BCUT2D eigenvalue weighted by Gasteiger charge is -2.42. The van der Waals surface area contributed by atoms with Gasteiger partial charge in [-0.15, -0.1) is 0 Å². The van der Waals surface area contributed by atoms with Gasteiger partial charge in [0.1, 0.15) is 0 Å². The molecule has 16 heavy (non-hydrogen) atoms. The minimum atomic E-state index is -0.804. The Morgan fingerprint density at radius 3 is 2.50 bits per heavy atom. The molecule has 0 saturated carbocycles. The Hall–Kier alpha value is -1.10. The minimum Gasteiger partial charge on any atom is -0.481 e. The normalized spacial score (nSPS) is 20.1. The molecule has 1 aliphatic heterocycles. The molecule has 1 fully saturated rings. The monoisotopic (exact) mass is 228 g/mol. The highest BCUT2D eigenvalue weighted by Crippen LogP contribution is 2.23. The molecule has 0 aromatic rings. The lowest BCUT2D eigenvalue weighted by Crippen LogP contribution is -2.60. The third-order valence-electron chi connectivity index (χ3n) is 2.97. The maximum Gasteiger partial charge on any atom is 0.303 e. The van der Waals surface area contributed by atoms with Crippen molar-refractivity contribution in [3.63, 3.8) is 0 Å². The highest BCUT2D eigenvalue weighted by molar-refractivity contribution is 5.86. The van der Waals surface area contributed by atoms with Gasteiger partial charge in [0.2, 0.25) is 5.91 Å². The maximum atomic E-state index is 11.9. The fraction of sp³-hybridized carbons (Fsp3) is 0.818. The first kappa shape index (κ1) is 13.0. The van der Waals surface area contributed by atoms with E-state index < -0.39 is 11.5 Å². The first-order valence-electron chi connectivity index (χ1n) is 5.67. The Bertz CT molecular complexity index is 283. The zero-order chi connectivity index (χ0) is 12.3. The predicted molar refractivity (Wildman–Crippen MR) is 59.8 cm³/mol. The van der Waals surface area contributed by atoms with Crippen LogP contribution < -0.4 is 5.73 Å². The number of carboxylic acids is 1. The van der Waals surface area contributed by atoms with E-state index in [1.54, 1.807) is 11.8 Å². The number of carboxylic acid groups (broad SMARTS) is 1. The molecule has 0 spiro atoms. The van der Waals surface area contributed by atoms with Crippen molar-refractivity contribution in [2.45, 2.75) is 38.6 Å². The molecule has 92 valence electrons. The van der Waals surface area contributed by atoms with Gasteiger partial charge in [0, 0.05) is 19.0 Å². The Balaban J connectivity index is 2.39. The van der Waals surface area contributed by atoms with E-state index in [1.165, 1.54) is 0 Å². The summed E-state index contributed by atoms with van der Waals surface area (Å²) in [5, 5.41) is 8.59. The molecule has 1 aliphatic rings. The molecule has 1 amide bonds. The molecule has 0 aromatic heterocycles. The van der Waals surface area contributed by atoms with E-state index in [2.05, 4.69) is 0 Å². The largest absolute Gasteiger partial charge is 0.481 e. The van der Waals surface area contributed by atoms with Gasteiger partial charge in [0.05, 0.1) is 12.0 Å². The summed E-state index contributed by atoms with van der Waals surface area (Å²) in [5.41, 5.74) is 5.12. The van der Waals surface area contributed by atoms with Gasteiger partial charge in [-0.1, -0.05) is 13.3 Å². The minimum absolute atomic E-state index is 0.0593. The average Bonchev–Trinajstić information content (AvgIpc) is 2.09. The third kappa shape index (κ3) is 2.95. The fourth-order valence-corrected chi connectivity index (χ4v) is 2.10. The van der Waals surface area contributed by atoms with Gasteiger partial charge in [-0.2, -0.15) is 0 Å². The summed E-state index contributed by atoms with van der Waals surface area (Å²) in [6.45, 7) is 4.79. The van der Waals surface area contributed by atoms with Crippen LogP contribution in [-0.4, -0.2) is 40.5 Å². The van der Waals surface area contributed by atoms with E-state index in [-0.39, 0.29) is 18.2 Å². The molecule has 0 aromatic carbocycles. The average molecular weight is 228 g/mol. The molecule has 3 N–H and O–H groups in total. The summed E-state index contributed by atoms with van der Waals surface area (Å²) in [4.78, 5) is 24.0. The van der Waals surface area contributed by atoms with E-state index >= 15 is 0 Å². The quantitative estimate of drug-likeness (QED) is 0.715. The summed E-state index contributed by atoms with van der Waals surface area (Å²) in [6.07, 6.45) is 1.66. The van der Waals surface area contributed by atoms with Crippen LogP contribution in [0.25, 0.3) is 0 Å². The van der Waals surface area contributed by atoms with Gasteiger partial charge < -0.3 is 15.7 Å². The number of carbonyl (C=O) groups is 2. The summed E-state index contributed by atoms with van der Waals surface area (Å²) in [6, 6.07) is 0. The van der Waals surface area contributed by atoms with E-state index in [0.29, 0.717) is 19.5 Å². The topological polar surface area (TPSA) is 83.6 Å². The highest BCUT2D eigenvalue weighted by atomic mass is 16.4. The van der Waals surface area contributed by atoms with Crippen molar-refractivity contribution < 1.29 is 14.7 Å². The van der Waals surface area contributed by atoms with E-state index in [4.69, 9.17) is 10.8 Å². The van der Waals surface area contributed by atoms with Crippen LogP contribution in [0.15, 0.2) is 0 Å². The van der Waals surface area contributed by atoms with Gasteiger partial charge in [0.15, 0.2) is 0 Å². The van der Waals surface area contributed by atoms with Gasteiger partial charge in [-0.3, -0.25) is 9.59 Å². The Kier molecular flexibility index (Phi) is 3.91. The molecule has 0 radical (unpaired) electrons. The second-order valence-corrected chi connectivity index (χ2v) is 4.84. The predicted octanol–water partition coefficient (Wildman–Crippen LogP) is 0.437. The van der Waals surface area contributed by atoms with Crippen molar-refractivity contribution in [3.05, 3.63) is 0 Å². The standard InChI is InChI=1S/C11H20N2O3/c1-3-4-11(2,12)10(16)13-6-8(7-13)5-9(14)15/h8H,3-7,12H2,1-2H3,(H,14,15). The van der Waals surface area contributed by atoms with E-state index in [9.17, 15) is 9.59 Å². The number of nitrogens with two attached hydrogens (primary N) is 1. The molecule has 1 saturated heterocycles. The molecule has 1 rings (SSSR count). The molecule has 0 bridgehead atoms. The highest BCUT2D eigenvalue weighted by Gasteiger charge is 2.39. The lowest BCUT2D eigenvalue weighted by molar-refractivity contribution is -0.148. The first-order chi connectivity index (χ1) is 7.36. The SMILES string of the molecule is CCCC(C)(N)C(=O)N1CC(CC(=O)O)C1. The molecular formula is C11H20N2O3. The van der Waals surface area contributed by atoms with E-state index in [0.717, 1.165) is 6.42 Å². The van der Waals surface area contributed by atoms with E-state index in [1.807, 2.05) is 6.92 Å². The third-order valence-corrected chi connectivity index (χ3v) is 2.97. The Morgan fingerprint density at radius 1 is 1.50 bits per heavy atom. The van der Waals surface area contributed by atoms with Gasteiger partial charge in [-0.05, 0) is 13.3 Å². The zero-order valence-electron chi connectivity index (χ0n) is 9.90. The smallest absolute Gasteiger partial charge is 0.303 e. The second-order valence-electron chi connectivity index (χ2n) is 4.84. The molecule has 1 atom stereocenters. The molecule has 1 heterocycles. The number of carbonyl (C=O) groups excluding carboxylic acids is 1. The number of rotatable bonds is 5. The van der Waals surface area contributed by atoms with Gasteiger partial charge in [0.25, 0.3) is 0 Å². The Morgan fingerprint density at radius 2 is 2.06 bits per heavy atom. The Labute approximate surface area is 95.6 Å². The number of amides is 1. The van der Waals surface area contributed by atoms with Crippen LogP contribution in [-0.2, 0) is 9.59 Å². The van der Waals surface area contributed by atoms with Crippen LogP contribution in [0.4, 0.5) is 0 Å². The number of nitrogens with zero attached hydrogens (tertiary/aromatic N) is 1. The van der Waals surface area contributed by atoms with Crippen LogP contribution in [0.2, 0.25) is 0 Å². The number of aliphatic carboxylic acids is 1. The van der Waals surface area contributed by atoms with Crippen molar-refractivity contribution >= 4 is 11.9 Å². The number of likely N-dealkylation sites (tertiary alicyclic amines) is 1. The van der Waals surface area contributed by atoms with Crippen molar-refractivity contribution in [1.82, 2.24) is 4.90 Å². The zero-order valence-corrected chi connectivity index (χ0v) is 9.90. The van der Waals surface area contributed by atoms with Crippen LogP contribution in [0.5, 0.6) is 0 Å². The lowest BCUT2D eigenvalue weighted by atomic mass is 9.90. The number of hydrogen-bond acceptors (Lipinski definition) is 3. The summed E-state index contributed by atoms with van der Waals surface area (Å²) < 4.78 is 0.